The van der Waals surface area contributed by atoms with Gasteiger partial charge in [0.25, 0.3) is 5.56 Å². The van der Waals surface area contributed by atoms with Gasteiger partial charge in [0.05, 0.1) is 6.33 Å². The Bertz CT molecular complexity index is 424. The van der Waals surface area contributed by atoms with Gasteiger partial charge >= 0.3 is 0 Å². The number of halogens is 1. The van der Waals surface area contributed by atoms with Crippen molar-refractivity contribution in [3.05, 3.63) is 21.7 Å². The monoisotopic (exact) mass is 255 g/mol. The van der Waals surface area contributed by atoms with Crippen molar-refractivity contribution in [1.82, 2.24) is 9.97 Å². The number of nitrogens with one attached hydrogen (secondary N) is 2. The molecule has 0 unspecified atom stereocenters. The number of aromatic amines is 1. The molecule has 94 valence electrons. The predicted octanol–water partition coefficient (Wildman–Crippen LogP) is 2.66. The molecule has 1 aromatic heterocycles. The molecule has 1 fully saturated rings. The van der Waals surface area contributed by atoms with Crippen LogP contribution in [0.25, 0.3) is 0 Å². The summed E-state index contributed by atoms with van der Waals surface area (Å²) in [5.74, 6) is 2.02. The van der Waals surface area contributed by atoms with E-state index in [-0.39, 0.29) is 10.6 Å². The Morgan fingerprint density at radius 1 is 1.47 bits per heavy atom. The van der Waals surface area contributed by atoms with Crippen LogP contribution < -0.4 is 10.9 Å². The van der Waals surface area contributed by atoms with Crippen LogP contribution in [0.2, 0.25) is 5.02 Å². The van der Waals surface area contributed by atoms with Crippen LogP contribution in [-0.4, -0.2) is 16.5 Å². The molecule has 1 saturated carbocycles. The van der Waals surface area contributed by atoms with Crippen LogP contribution in [0.15, 0.2) is 11.1 Å². The van der Waals surface area contributed by atoms with E-state index in [1.165, 1.54) is 32.0 Å². The van der Waals surface area contributed by atoms with E-state index < -0.39 is 0 Å². The van der Waals surface area contributed by atoms with E-state index in [4.69, 9.17) is 11.6 Å². The van der Waals surface area contributed by atoms with Crippen LogP contribution in [-0.2, 0) is 0 Å². The SMILES string of the molecule is CC1CCC(CNc2nc[nH]c(=O)c2Cl)CC1. The molecule has 0 aromatic carbocycles. The lowest BCUT2D eigenvalue weighted by molar-refractivity contribution is 0.300. The molecule has 0 radical (unpaired) electrons. The Morgan fingerprint density at radius 3 is 2.88 bits per heavy atom. The molecule has 1 aliphatic rings. The second-order valence-electron chi connectivity index (χ2n) is 4.90. The summed E-state index contributed by atoms with van der Waals surface area (Å²) in [5.41, 5.74) is -0.290. The van der Waals surface area contributed by atoms with Crippen molar-refractivity contribution in [2.24, 2.45) is 11.8 Å². The summed E-state index contributed by atoms with van der Waals surface area (Å²) in [5, 5.41) is 3.32. The summed E-state index contributed by atoms with van der Waals surface area (Å²) in [6, 6.07) is 0. The normalized spacial score (nSPS) is 24.6. The van der Waals surface area contributed by atoms with Gasteiger partial charge < -0.3 is 10.3 Å². The smallest absolute Gasteiger partial charge is 0.271 e. The molecule has 0 aliphatic heterocycles. The van der Waals surface area contributed by atoms with E-state index in [0.29, 0.717) is 11.7 Å². The zero-order valence-electron chi connectivity index (χ0n) is 10.0. The molecule has 2 rings (SSSR count). The third-order valence-electron chi connectivity index (χ3n) is 3.49. The van der Waals surface area contributed by atoms with Crippen molar-refractivity contribution >= 4 is 17.4 Å². The summed E-state index contributed by atoms with van der Waals surface area (Å²) in [6.07, 6.45) is 6.45. The second kappa shape index (κ2) is 5.54. The van der Waals surface area contributed by atoms with Crippen LogP contribution in [0.4, 0.5) is 5.82 Å². The molecule has 4 nitrogen and oxygen atoms in total. The lowest BCUT2D eigenvalue weighted by atomic mass is 9.83. The fraction of sp³-hybridized carbons (Fsp3) is 0.667. The number of hydrogen-bond acceptors (Lipinski definition) is 3. The average Bonchev–Trinajstić information content (AvgIpc) is 2.33. The van der Waals surface area contributed by atoms with Gasteiger partial charge in [0, 0.05) is 6.54 Å². The number of H-pyrrole nitrogens is 1. The van der Waals surface area contributed by atoms with Gasteiger partial charge in [-0.05, 0) is 24.7 Å². The molecule has 0 amide bonds. The predicted molar refractivity (Wildman–Crippen MR) is 69.5 cm³/mol. The van der Waals surface area contributed by atoms with Gasteiger partial charge in [0.1, 0.15) is 5.02 Å². The maximum atomic E-state index is 11.3. The minimum absolute atomic E-state index is 0.150. The Hall–Kier alpha value is -1.03. The largest absolute Gasteiger partial charge is 0.368 e. The standard InChI is InChI=1S/C12H18ClN3O/c1-8-2-4-9(5-3-8)6-14-11-10(13)12(17)16-7-15-11/h7-9H,2-6H2,1H3,(H2,14,15,16,17). The molecule has 0 saturated heterocycles. The topological polar surface area (TPSA) is 57.8 Å². The van der Waals surface area contributed by atoms with Gasteiger partial charge in [-0.15, -0.1) is 0 Å². The van der Waals surface area contributed by atoms with Gasteiger partial charge in [0.15, 0.2) is 5.82 Å². The van der Waals surface area contributed by atoms with Crippen molar-refractivity contribution in [3.8, 4) is 0 Å². The zero-order valence-corrected chi connectivity index (χ0v) is 10.8. The third-order valence-corrected chi connectivity index (χ3v) is 3.84. The maximum Gasteiger partial charge on any atom is 0.271 e. The van der Waals surface area contributed by atoms with E-state index in [2.05, 4.69) is 22.2 Å². The first-order valence-corrected chi connectivity index (χ1v) is 6.51. The minimum atomic E-state index is -0.290. The van der Waals surface area contributed by atoms with Crippen molar-refractivity contribution in [3.63, 3.8) is 0 Å². The lowest BCUT2D eigenvalue weighted by Gasteiger charge is -2.26. The number of rotatable bonds is 3. The lowest BCUT2D eigenvalue weighted by Crippen LogP contribution is -2.21. The molecule has 0 bridgehead atoms. The quantitative estimate of drug-likeness (QED) is 0.873. The summed E-state index contributed by atoms with van der Waals surface area (Å²) >= 11 is 5.87. The van der Waals surface area contributed by atoms with Gasteiger partial charge in [-0.1, -0.05) is 31.4 Å². The number of hydrogen-bond donors (Lipinski definition) is 2. The van der Waals surface area contributed by atoms with Crippen LogP contribution in [0.5, 0.6) is 0 Å². The Morgan fingerprint density at radius 2 is 2.18 bits per heavy atom. The Kier molecular flexibility index (Phi) is 4.05. The van der Waals surface area contributed by atoms with Gasteiger partial charge in [-0.25, -0.2) is 4.98 Å². The minimum Gasteiger partial charge on any atom is -0.368 e. The molecule has 0 spiro atoms. The van der Waals surface area contributed by atoms with Crippen molar-refractivity contribution in [2.75, 3.05) is 11.9 Å². The molecule has 0 atom stereocenters. The van der Waals surface area contributed by atoms with E-state index in [1.807, 2.05) is 0 Å². The number of aromatic nitrogens is 2. The summed E-state index contributed by atoms with van der Waals surface area (Å²) in [6.45, 7) is 3.15. The van der Waals surface area contributed by atoms with Crippen molar-refractivity contribution in [2.45, 2.75) is 32.6 Å². The fourth-order valence-electron chi connectivity index (χ4n) is 2.28. The first-order chi connectivity index (χ1) is 8.16. The highest BCUT2D eigenvalue weighted by Crippen LogP contribution is 2.28. The molecule has 1 heterocycles. The molecular formula is C12H18ClN3O. The first-order valence-electron chi connectivity index (χ1n) is 6.14. The van der Waals surface area contributed by atoms with E-state index >= 15 is 0 Å². The highest BCUT2D eigenvalue weighted by molar-refractivity contribution is 6.32. The molecule has 2 N–H and O–H groups in total. The highest BCUT2D eigenvalue weighted by Gasteiger charge is 2.18. The third kappa shape index (κ3) is 3.22. The van der Waals surface area contributed by atoms with E-state index in [9.17, 15) is 4.79 Å². The Labute approximate surface area is 106 Å². The van der Waals surface area contributed by atoms with Crippen molar-refractivity contribution < 1.29 is 0 Å². The summed E-state index contributed by atoms with van der Waals surface area (Å²) in [4.78, 5) is 17.8. The van der Waals surface area contributed by atoms with E-state index in [1.54, 1.807) is 0 Å². The first kappa shape index (κ1) is 12.4. The van der Waals surface area contributed by atoms with E-state index in [0.717, 1.165) is 12.5 Å². The average molecular weight is 256 g/mol. The molecule has 1 aromatic rings. The van der Waals surface area contributed by atoms with Crippen LogP contribution >= 0.6 is 11.6 Å². The summed E-state index contributed by atoms with van der Waals surface area (Å²) < 4.78 is 0. The Balaban J connectivity index is 1.90. The van der Waals surface area contributed by atoms with Gasteiger partial charge in [0.2, 0.25) is 0 Å². The van der Waals surface area contributed by atoms with Gasteiger partial charge in [-0.3, -0.25) is 4.79 Å². The van der Waals surface area contributed by atoms with Gasteiger partial charge in [-0.2, -0.15) is 0 Å². The molecule has 17 heavy (non-hydrogen) atoms. The molecule has 5 heteroatoms. The molecule has 1 aliphatic carbocycles. The van der Waals surface area contributed by atoms with Crippen molar-refractivity contribution in [1.29, 1.82) is 0 Å². The zero-order chi connectivity index (χ0) is 12.3. The maximum absolute atomic E-state index is 11.3. The van der Waals surface area contributed by atoms with Crippen LogP contribution in [0.1, 0.15) is 32.6 Å². The summed E-state index contributed by atoms with van der Waals surface area (Å²) in [7, 11) is 0. The highest BCUT2D eigenvalue weighted by atomic mass is 35.5. The van der Waals surface area contributed by atoms with Crippen LogP contribution in [0, 0.1) is 11.8 Å². The fourth-order valence-corrected chi connectivity index (χ4v) is 2.45. The van der Waals surface area contributed by atoms with Crippen LogP contribution in [0.3, 0.4) is 0 Å². The number of anilines is 1. The number of nitrogens with zero attached hydrogens (tertiary/aromatic N) is 1. The molecular weight excluding hydrogens is 238 g/mol. The second-order valence-corrected chi connectivity index (χ2v) is 5.28.